The van der Waals surface area contributed by atoms with E-state index < -0.39 is 0 Å². The molecular weight excluding hydrogens is 434 g/mol. The Kier molecular flexibility index (Phi) is 6.34. The van der Waals surface area contributed by atoms with Crippen molar-refractivity contribution in [2.45, 2.75) is 0 Å². The van der Waals surface area contributed by atoms with Crippen LogP contribution in [0.1, 0.15) is 5.56 Å². The molecule has 1 fully saturated rings. The summed E-state index contributed by atoms with van der Waals surface area (Å²) in [5, 5.41) is 0. The fourth-order valence-corrected chi connectivity index (χ4v) is 3.69. The molecular formula is C19H16BrNO3S2. The van der Waals surface area contributed by atoms with Gasteiger partial charge in [-0.25, -0.2) is 0 Å². The third-order valence-electron chi connectivity index (χ3n) is 3.62. The number of amides is 1. The minimum absolute atomic E-state index is 0.0895. The van der Waals surface area contributed by atoms with E-state index in [2.05, 4.69) is 15.9 Å². The van der Waals surface area contributed by atoms with Crippen LogP contribution in [0.3, 0.4) is 0 Å². The van der Waals surface area contributed by atoms with Gasteiger partial charge in [-0.05, 0) is 36.4 Å². The van der Waals surface area contributed by atoms with Gasteiger partial charge in [-0.2, -0.15) is 0 Å². The maximum Gasteiger partial charge on any atom is 0.265 e. The monoisotopic (exact) mass is 449 g/mol. The molecule has 0 spiro atoms. The first-order valence-corrected chi connectivity index (χ1v) is 9.88. The number of halogens is 1. The molecule has 2 aromatic rings. The third kappa shape index (κ3) is 4.66. The number of rotatable bonds is 6. The highest BCUT2D eigenvalue weighted by molar-refractivity contribution is 9.10. The van der Waals surface area contributed by atoms with Crippen LogP contribution in [0.15, 0.2) is 57.9 Å². The van der Waals surface area contributed by atoms with E-state index in [9.17, 15) is 4.79 Å². The van der Waals surface area contributed by atoms with Gasteiger partial charge in [-0.3, -0.25) is 9.69 Å². The van der Waals surface area contributed by atoms with Gasteiger partial charge in [0, 0.05) is 17.1 Å². The zero-order chi connectivity index (χ0) is 18.5. The van der Waals surface area contributed by atoms with Crippen molar-refractivity contribution in [1.29, 1.82) is 0 Å². The molecule has 3 rings (SSSR count). The normalized spacial score (nSPS) is 15.6. The van der Waals surface area contributed by atoms with Gasteiger partial charge in [0.25, 0.3) is 5.91 Å². The first kappa shape index (κ1) is 18.9. The lowest BCUT2D eigenvalue weighted by Gasteiger charge is -2.11. The summed E-state index contributed by atoms with van der Waals surface area (Å²) >= 11 is 9.85. The number of carbonyl (C=O) groups excluding carboxylic acids is 1. The van der Waals surface area contributed by atoms with E-state index in [-0.39, 0.29) is 5.91 Å². The number of carbonyl (C=O) groups is 1. The minimum Gasteiger partial charge on any atom is -0.490 e. The largest absolute Gasteiger partial charge is 0.490 e. The second-order valence-corrected chi connectivity index (χ2v) is 8.02. The van der Waals surface area contributed by atoms with Gasteiger partial charge < -0.3 is 9.47 Å². The van der Waals surface area contributed by atoms with E-state index in [0.29, 0.717) is 28.2 Å². The summed E-state index contributed by atoms with van der Waals surface area (Å²) in [5.74, 6) is 1.40. The van der Waals surface area contributed by atoms with Crippen molar-refractivity contribution in [3.63, 3.8) is 0 Å². The van der Waals surface area contributed by atoms with E-state index in [4.69, 9.17) is 21.7 Å². The van der Waals surface area contributed by atoms with Crippen LogP contribution in [0.25, 0.3) is 6.08 Å². The van der Waals surface area contributed by atoms with Gasteiger partial charge in [0.05, 0.1) is 4.91 Å². The van der Waals surface area contributed by atoms with Crippen molar-refractivity contribution < 1.29 is 14.3 Å². The van der Waals surface area contributed by atoms with E-state index in [0.717, 1.165) is 15.8 Å². The summed E-state index contributed by atoms with van der Waals surface area (Å²) in [6.07, 6.45) is 1.81. The molecule has 4 nitrogen and oxygen atoms in total. The minimum atomic E-state index is -0.0895. The number of thioether (sulfide) groups is 1. The number of ether oxygens (including phenoxy) is 2. The molecule has 1 heterocycles. The molecule has 0 saturated carbocycles. The fourth-order valence-electron chi connectivity index (χ4n) is 2.26. The smallest absolute Gasteiger partial charge is 0.265 e. The molecule has 2 aromatic carbocycles. The van der Waals surface area contributed by atoms with Gasteiger partial charge in [0.1, 0.15) is 29.0 Å². The van der Waals surface area contributed by atoms with Crippen LogP contribution in [0.4, 0.5) is 0 Å². The first-order valence-electron chi connectivity index (χ1n) is 7.86. The summed E-state index contributed by atoms with van der Waals surface area (Å²) in [6.45, 7) is 0.822. The van der Waals surface area contributed by atoms with Crippen LogP contribution < -0.4 is 9.47 Å². The van der Waals surface area contributed by atoms with Crippen molar-refractivity contribution in [3.05, 3.63) is 63.5 Å². The predicted molar refractivity (Wildman–Crippen MR) is 113 cm³/mol. The zero-order valence-electron chi connectivity index (χ0n) is 14.0. The van der Waals surface area contributed by atoms with E-state index in [1.165, 1.54) is 16.7 Å². The molecule has 1 amide bonds. The second-order valence-electron chi connectivity index (χ2n) is 5.43. The predicted octanol–water partition coefficient (Wildman–Crippen LogP) is 4.74. The zero-order valence-corrected chi connectivity index (χ0v) is 17.2. The number of benzene rings is 2. The molecule has 0 aliphatic carbocycles. The van der Waals surface area contributed by atoms with Crippen LogP contribution in [0.5, 0.6) is 11.5 Å². The van der Waals surface area contributed by atoms with Gasteiger partial charge in [0.15, 0.2) is 0 Å². The van der Waals surface area contributed by atoms with E-state index >= 15 is 0 Å². The maximum absolute atomic E-state index is 12.2. The van der Waals surface area contributed by atoms with Gasteiger partial charge in [-0.1, -0.05) is 58.1 Å². The van der Waals surface area contributed by atoms with Gasteiger partial charge in [-0.15, -0.1) is 0 Å². The highest BCUT2D eigenvalue weighted by Gasteiger charge is 2.28. The van der Waals surface area contributed by atoms with Crippen LogP contribution in [-0.2, 0) is 4.79 Å². The molecule has 0 radical (unpaired) electrons. The van der Waals surface area contributed by atoms with Crippen molar-refractivity contribution in [3.8, 4) is 11.5 Å². The average Bonchev–Trinajstić information content (AvgIpc) is 2.88. The van der Waals surface area contributed by atoms with Crippen molar-refractivity contribution in [2.24, 2.45) is 0 Å². The lowest BCUT2D eigenvalue weighted by Crippen LogP contribution is -2.22. The molecule has 26 heavy (non-hydrogen) atoms. The van der Waals surface area contributed by atoms with Crippen molar-refractivity contribution in [1.82, 2.24) is 4.90 Å². The van der Waals surface area contributed by atoms with Crippen LogP contribution >= 0.6 is 39.9 Å². The Labute approximate surface area is 170 Å². The molecule has 134 valence electrons. The Hall–Kier alpha value is -1.83. The van der Waals surface area contributed by atoms with Crippen LogP contribution in [-0.4, -0.2) is 35.4 Å². The topological polar surface area (TPSA) is 38.8 Å². The number of para-hydroxylation sites is 1. The molecule has 0 atom stereocenters. The van der Waals surface area contributed by atoms with Crippen LogP contribution in [0.2, 0.25) is 0 Å². The number of likely N-dealkylation sites (N-methyl/N-ethyl adjacent to an activating group) is 1. The quantitative estimate of drug-likeness (QED) is 0.361. The Bertz CT molecular complexity index is 852. The molecule has 1 aliphatic rings. The Morgan fingerprint density at radius 2 is 1.81 bits per heavy atom. The van der Waals surface area contributed by atoms with Gasteiger partial charge in [0.2, 0.25) is 0 Å². The molecule has 1 aliphatic heterocycles. The third-order valence-corrected chi connectivity index (χ3v) is 5.63. The fraction of sp³-hybridized carbons (Fsp3) is 0.158. The molecule has 1 saturated heterocycles. The van der Waals surface area contributed by atoms with E-state index in [1.54, 1.807) is 7.05 Å². The average molecular weight is 450 g/mol. The number of nitrogens with zero attached hydrogens (tertiary/aromatic N) is 1. The Morgan fingerprint density at radius 1 is 1.12 bits per heavy atom. The summed E-state index contributed by atoms with van der Waals surface area (Å²) in [4.78, 5) is 14.2. The van der Waals surface area contributed by atoms with E-state index in [1.807, 2.05) is 54.6 Å². The summed E-state index contributed by atoms with van der Waals surface area (Å²) in [6, 6.07) is 15.2. The van der Waals surface area contributed by atoms with Crippen LogP contribution in [0, 0.1) is 0 Å². The molecule has 0 unspecified atom stereocenters. The SMILES string of the molecule is CN1C(=O)C(=Cc2ccccc2OCCOc2ccc(Br)cc2)SC1=S. The van der Waals surface area contributed by atoms with Crippen molar-refractivity contribution in [2.75, 3.05) is 20.3 Å². The lowest BCUT2D eigenvalue weighted by molar-refractivity contribution is -0.121. The number of thiocarbonyl (C=S) groups is 1. The summed E-state index contributed by atoms with van der Waals surface area (Å²) < 4.78 is 13.1. The summed E-state index contributed by atoms with van der Waals surface area (Å²) in [5.41, 5.74) is 0.838. The maximum atomic E-state index is 12.2. The Morgan fingerprint density at radius 3 is 2.50 bits per heavy atom. The second kappa shape index (κ2) is 8.70. The van der Waals surface area contributed by atoms with Crippen molar-refractivity contribution >= 4 is 56.2 Å². The van der Waals surface area contributed by atoms with Gasteiger partial charge >= 0.3 is 0 Å². The highest BCUT2D eigenvalue weighted by atomic mass is 79.9. The number of hydrogen-bond acceptors (Lipinski definition) is 5. The Balaban J connectivity index is 1.62. The first-order chi connectivity index (χ1) is 12.5. The molecule has 7 heteroatoms. The molecule has 0 N–H and O–H groups in total. The standard InChI is InChI=1S/C19H16BrNO3S2/c1-21-18(22)17(26-19(21)25)12-13-4-2-3-5-16(13)24-11-10-23-15-8-6-14(20)7-9-15/h2-9,12H,10-11H2,1H3. The highest BCUT2D eigenvalue weighted by Crippen LogP contribution is 2.33. The number of hydrogen-bond donors (Lipinski definition) is 0. The molecule has 0 bridgehead atoms. The summed E-state index contributed by atoms with van der Waals surface area (Å²) in [7, 11) is 1.68. The lowest BCUT2D eigenvalue weighted by atomic mass is 10.2. The molecule has 0 aromatic heterocycles.